The fourth-order valence-corrected chi connectivity index (χ4v) is 9.38. The Hall–Kier alpha value is -4.34. The lowest BCUT2D eigenvalue weighted by Gasteiger charge is -2.34. The van der Waals surface area contributed by atoms with Gasteiger partial charge < -0.3 is 0 Å². The minimum Gasteiger partial charge on any atom is -0.117 e. The van der Waals surface area contributed by atoms with E-state index < -0.39 is 13.1 Å². The molecule has 0 radical (unpaired) electrons. The average Bonchev–Trinajstić information content (AvgIpc) is 3.11. The summed E-state index contributed by atoms with van der Waals surface area (Å²) in [6.07, 6.45) is 0.957. The fraction of sp³-hybridized carbons (Fsp3) is 0.0476. The van der Waals surface area contributed by atoms with Gasteiger partial charge in [-0.2, -0.15) is 0 Å². The van der Waals surface area contributed by atoms with Crippen molar-refractivity contribution < 1.29 is 0 Å². The van der Waals surface area contributed by atoms with Crippen LogP contribution < -0.4 is 10.6 Å². The molecule has 212 valence electrons. The molecule has 1 unspecified atom stereocenters. The Morgan fingerprint density at radius 2 is 0.932 bits per heavy atom. The molecule has 0 bridgehead atoms. The molecule has 7 rings (SSSR count). The van der Waals surface area contributed by atoms with Crippen molar-refractivity contribution in [2.24, 2.45) is 0 Å². The van der Waals surface area contributed by atoms with E-state index >= 15 is 0 Å². The summed E-state index contributed by atoms with van der Waals surface area (Å²) in [7, 11) is 2.65. The van der Waals surface area contributed by atoms with Crippen molar-refractivity contribution in [3.8, 4) is 11.1 Å². The Kier molecular flexibility index (Phi) is 8.22. The standard InChI is InChI=1S/C42H34P2/c43-42(34-18-5-1-6-19-34,35-20-7-2-8-21-35)40-28-16-15-27-39(40)41-33(30-29-32-17-13-14-26-38(32)41)31-44(36-22-9-3-10-23-36)37-24-11-4-12-25-37/h1-30H,31,43H2. The molecule has 0 aliphatic rings. The van der Waals surface area contributed by atoms with Gasteiger partial charge in [0.15, 0.2) is 0 Å². The van der Waals surface area contributed by atoms with E-state index in [1.165, 1.54) is 54.8 Å². The van der Waals surface area contributed by atoms with Crippen LogP contribution >= 0.6 is 17.2 Å². The SMILES string of the molecule is PC(c1ccccc1)(c1ccccc1)c1ccccc1-c1c(CP(c2ccccc2)c2ccccc2)ccc2ccccc12. The minimum absolute atomic E-state index is 0.434. The topological polar surface area (TPSA) is 0 Å². The first-order valence-corrected chi connectivity index (χ1v) is 17.2. The van der Waals surface area contributed by atoms with Gasteiger partial charge in [0.1, 0.15) is 0 Å². The lowest BCUT2D eigenvalue weighted by Crippen LogP contribution is -2.22. The maximum Gasteiger partial charge on any atom is 0.0597 e. The molecule has 0 aliphatic carbocycles. The summed E-state index contributed by atoms with van der Waals surface area (Å²) in [5.74, 6) is 0. The highest BCUT2D eigenvalue weighted by Crippen LogP contribution is 2.51. The second kappa shape index (κ2) is 12.7. The first-order valence-electron chi connectivity index (χ1n) is 15.1. The van der Waals surface area contributed by atoms with E-state index in [1.807, 2.05) is 0 Å². The largest absolute Gasteiger partial charge is 0.117 e. The molecule has 0 fully saturated rings. The van der Waals surface area contributed by atoms with Gasteiger partial charge in [0.25, 0.3) is 0 Å². The molecule has 0 amide bonds. The molecular formula is C42H34P2. The molecule has 0 heterocycles. The summed E-state index contributed by atoms with van der Waals surface area (Å²) < 4.78 is 0. The molecule has 2 heteroatoms. The highest BCUT2D eigenvalue weighted by molar-refractivity contribution is 7.72. The molecule has 0 nitrogen and oxygen atoms in total. The maximum atomic E-state index is 3.27. The number of rotatable bonds is 8. The van der Waals surface area contributed by atoms with Crippen LogP contribution in [0.2, 0.25) is 0 Å². The normalized spacial score (nSPS) is 11.6. The molecule has 7 aromatic rings. The summed E-state index contributed by atoms with van der Waals surface area (Å²) in [6, 6.07) is 66.5. The first-order chi connectivity index (χ1) is 21.7. The van der Waals surface area contributed by atoms with Gasteiger partial charge in [-0.3, -0.25) is 0 Å². The molecule has 44 heavy (non-hydrogen) atoms. The van der Waals surface area contributed by atoms with Gasteiger partial charge >= 0.3 is 0 Å². The Morgan fingerprint density at radius 1 is 0.455 bits per heavy atom. The van der Waals surface area contributed by atoms with Gasteiger partial charge in [-0.15, -0.1) is 9.24 Å². The highest BCUT2D eigenvalue weighted by Gasteiger charge is 2.34. The van der Waals surface area contributed by atoms with Crippen molar-refractivity contribution in [1.82, 2.24) is 0 Å². The lowest BCUT2D eigenvalue weighted by atomic mass is 9.79. The molecule has 0 saturated heterocycles. The van der Waals surface area contributed by atoms with Crippen molar-refractivity contribution in [1.29, 1.82) is 0 Å². The predicted octanol–water partition coefficient (Wildman–Crippen LogP) is 10.3. The van der Waals surface area contributed by atoms with Crippen LogP contribution in [0.4, 0.5) is 0 Å². The van der Waals surface area contributed by atoms with E-state index in [-0.39, 0.29) is 0 Å². The van der Waals surface area contributed by atoms with Gasteiger partial charge in [-0.05, 0) is 62.7 Å². The summed E-state index contributed by atoms with van der Waals surface area (Å²) in [5, 5.41) is 4.92. The van der Waals surface area contributed by atoms with Crippen molar-refractivity contribution >= 4 is 38.5 Å². The van der Waals surface area contributed by atoms with Gasteiger partial charge in [0.05, 0.1) is 5.16 Å². The van der Waals surface area contributed by atoms with Crippen LogP contribution in [0.3, 0.4) is 0 Å². The van der Waals surface area contributed by atoms with Gasteiger partial charge in [0.2, 0.25) is 0 Å². The van der Waals surface area contributed by atoms with Crippen molar-refractivity contribution in [2.75, 3.05) is 0 Å². The molecule has 7 aromatic carbocycles. The zero-order valence-corrected chi connectivity index (χ0v) is 26.6. The predicted molar refractivity (Wildman–Crippen MR) is 195 cm³/mol. The third-order valence-corrected chi connectivity index (χ3v) is 12.0. The third kappa shape index (κ3) is 5.42. The maximum absolute atomic E-state index is 3.27. The van der Waals surface area contributed by atoms with Crippen molar-refractivity contribution in [3.05, 3.63) is 204 Å². The Morgan fingerprint density at radius 3 is 1.52 bits per heavy atom. The fourth-order valence-electron chi connectivity index (χ4n) is 6.41. The van der Waals surface area contributed by atoms with Gasteiger partial charge in [-0.25, -0.2) is 0 Å². The summed E-state index contributed by atoms with van der Waals surface area (Å²) in [5.41, 5.74) is 7.77. The summed E-state index contributed by atoms with van der Waals surface area (Å²) in [6.45, 7) is 0. The number of benzene rings is 7. The van der Waals surface area contributed by atoms with E-state index in [9.17, 15) is 0 Å². The van der Waals surface area contributed by atoms with Crippen molar-refractivity contribution in [2.45, 2.75) is 11.3 Å². The van der Waals surface area contributed by atoms with E-state index in [4.69, 9.17) is 0 Å². The molecule has 0 spiro atoms. The molecule has 0 saturated carbocycles. The van der Waals surface area contributed by atoms with E-state index in [1.54, 1.807) is 0 Å². The summed E-state index contributed by atoms with van der Waals surface area (Å²) in [4.78, 5) is 0. The van der Waals surface area contributed by atoms with Gasteiger partial charge in [0, 0.05) is 6.16 Å². The zero-order chi connectivity index (χ0) is 29.8. The van der Waals surface area contributed by atoms with Crippen LogP contribution in [0.25, 0.3) is 21.9 Å². The highest BCUT2D eigenvalue weighted by atomic mass is 31.1. The molecule has 0 aromatic heterocycles. The molecule has 0 N–H and O–H groups in total. The van der Waals surface area contributed by atoms with E-state index in [0.29, 0.717) is 0 Å². The van der Waals surface area contributed by atoms with Crippen LogP contribution in [0, 0.1) is 0 Å². The second-order valence-corrected chi connectivity index (χ2v) is 14.2. The number of hydrogen-bond donors (Lipinski definition) is 0. The van der Waals surface area contributed by atoms with E-state index in [2.05, 4.69) is 191 Å². The zero-order valence-electron chi connectivity index (χ0n) is 24.6. The van der Waals surface area contributed by atoms with Crippen LogP contribution in [0.5, 0.6) is 0 Å². The number of fused-ring (bicyclic) bond motifs is 1. The molecule has 1 atom stereocenters. The summed E-state index contributed by atoms with van der Waals surface area (Å²) >= 11 is 0. The lowest BCUT2D eigenvalue weighted by molar-refractivity contribution is 0.899. The molecule has 0 aliphatic heterocycles. The van der Waals surface area contributed by atoms with Gasteiger partial charge in [-0.1, -0.05) is 182 Å². The Labute approximate surface area is 264 Å². The van der Waals surface area contributed by atoms with Crippen LogP contribution in [0.15, 0.2) is 182 Å². The Bertz CT molecular complexity index is 1910. The van der Waals surface area contributed by atoms with Crippen LogP contribution in [-0.2, 0) is 11.3 Å². The first kappa shape index (κ1) is 28.4. The number of hydrogen-bond acceptors (Lipinski definition) is 0. The average molecular weight is 601 g/mol. The van der Waals surface area contributed by atoms with E-state index in [0.717, 1.165) is 6.16 Å². The quantitative estimate of drug-likeness (QED) is 0.120. The van der Waals surface area contributed by atoms with Crippen LogP contribution in [0.1, 0.15) is 22.3 Å². The smallest absolute Gasteiger partial charge is 0.0597 e. The second-order valence-electron chi connectivity index (χ2n) is 11.2. The van der Waals surface area contributed by atoms with Crippen LogP contribution in [-0.4, -0.2) is 0 Å². The molecular weight excluding hydrogens is 566 g/mol. The third-order valence-electron chi connectivity index (χ3n) is 8.56. The monoisotopic (exact) mass is 600 g/mol. The Balaban J connectivity index is 1.49. The van der Waals surface area contributed by atoms with Crippen molar-refractivity contribution in [3.63, 3.8) is 0 Å². The minimum atomic E-state index is -0.620.